The monoisotopic (exact) mass is 218 g/mol. The van der Waals surface area contributed by atoms with Crippen LogP contribution in [0, 0.1) is 5.92 Å². The van der Waals surface area contributed by atoms with Gasteiger partial charge < -0.3 is 0 Å². The Hall–Kier alpha value is 0.700. The van der Waals surface area contributed by atoms with Crippen LogP contribution in [0.15, 0.2) is 0 Å². The molecule has 0 amide bonds. The lowest BCUT2D eigenvalue weighted by molar-refractivity contribution is 0.463. The summed E-state index contributed by atoms with van der Waals surface area (Å²) in [5, 5.41) is 1.62. The van der Waals surface area contributed by atoms with Crippen molar-refractivity contribution in [1.82, 2.24) is 0 Å². The van der Waals surface area contributed by atoms with Crippen LogP contribution >= 0.6 is 24.4 Å². The molecule has 13 heavy (non-hydrogen) atoms. The van der Waals surface area contributed by atoms with Crippen molar-refractivity contribution in [2.24, 2.45) is 5.92 Å². The predicted octanol–water partition coefficient (Wildman–Crippen LogP) is 4.01. The maximum absolute atomic E-state index is 4.42. The van der Waals surface area contributed by atoms with E-state index in [9.17, 15) is 0 Å². The summed E-state index contributed by atoms with van der Waals surface area (Å²) in [4.78, 5) is 0. The molecule has 0 aliphatic carbocycles. The highest BCUT2D eigenvalue weighted by Crippen LogP contribution is 2.34. The van der Waals surface area contributed by atoms with Gasteiger partial charge in [0, 0.05) is 11.0 Å². The van der Waals surface area contributed by atoms with E-state index in [-0.39, 0.29) is 0 Å². The standard InChI is InChI=1S/C11H22S2/c1-9(7-10(2)12)5-3-4-6-11-8-13-11/h9-12H,3-8H2,1-2H3. The first-order chi connectivity index (χ1) is 6.18. The van der Waals surface area contributed by atoms with Crippen LogP contribution in [0.1, 0.15) is 46.0 Å². The summed E-state index contributed by atoms with van der Waals surface area (Å²) in [6, 6.07) is 0. The Morgan fingerprint density at radius 1 is 1.38 bits per heavy atom. The lowest BCUT2D eigenvalue weighted by Gasteiger charge is -2.12. The van der Waals surface area contributed by atoms with Crippen molar-refractivity contribution >= 4 is 24.4 Å². The van der Waals surface area contributed by atoms with Crippen LogP contribution in [-0.2, 0) is 0 Å². The van der Waals surface area contributed by atoms with Gasteiger partial charge in [0.15, 0.2) is 0 Å². The molecule has 0 saturated carbocycles. The van der Waals surface area contributed by atoms with E-state index in [4.69, 9.17) is 0 Å². The van der Waals surface area contributed by atoms with Crippen LogP contribution in [0.4, 0.5) is 0 Å². The van der Waals surface area contributed by atoms with Gasteiger partial charge in [-0.25, -0.2) is 0 Å². The second-order valence-electron chi connectivity index (χ2n) is 4.43. The van der Waals surface area contributed by atoms with E-state index in [2.05, 4.69) is 38.2 Å². The second-order valence-corrected chi connectivity index (χ2v) is 6.64. The maximum atomic E-state index is 4.42. The number of hydrogen-bond donors (Lipinski definition) is 1. The van der Waals surface area contributed by atoms with Gasteiger partial charge in [0.2, 0.25) is 0 Å². The molecule has 1 heterocycles. The van der Waals surface area contributed by atoms with Crippen LogP contribution in [-0.4, -0.2) is 16.3 Å². The Bertz CT molecular complexity index is 130. The molecule has 0 aromatic carbocycles. The third kappa shape index (κ3) is 6.73. The largest absolute Gasteiger partial charge is 0.176 e. The van der Waals surface area contributed by atoms with E-state index in [1.54, 1.807) is 0 Å². The fraction of sp³-hybridized carbons (Fsp3) is 1.00. The highest BCUT2D eigenvalue weighted by atomic mass is 32.2. The first-order valence-electron chi connectivity index (χ1n) is 5.48. The van der Waals surface area contributed by atoms with Gasteiger partial charge in [0.25, 0.3) is 0 Å². The van der Waals surface area contributed by atoms with Gasteiger partial charge in [0.05, 0.1) is 0 Å². The summed E-state index contributed by atoms with van der Waals surface area (Å²) in [5.74, 6) is 2.31. The number of thioether (sulfide) groups is 1. The molecule has 1 rings (SSSR count). The van der Waals surface area contributed by atoms with Crippen molar-refractivity contribution in [2.75, 3.05) is 5.75 Å². The molecule has 1 fully saturated rings. The van der Waals surface area contributed by atoms with Crippen molar-refractivity contribution in [2.45, 2.75) is 56.5 Å². The quantitative estimate of drug-likeness (QED) is 0.383. The highest BCUT2D eigenvalue weighted by molar-refractivity contribution is 8.06. The minimum atomic E-state index is 0.578. The number of thiol groups is 1. The lowest BCUT2D eigenvalue weighted by Crippen LogP contribution is -2.02. The molecule has 78 valence electrons. The average molecular weight is 218 g/mol. The molecular weight excluding hydrogens is 196 g/mol. The molecule has 0 N–H and O–H groups in total. The molecule has 0 aromatic rings. The average Bonchev–Trinajstić information content (AvgIpc) is 2.80. The second kappa shape index (κ2) is 6.23. The molecule has 1 aliphatic rings. The topological polar surface area (TPSA) is 0 Å². The van der Waals surface area contributed by atoms with Crippen LogP contribution in [0.25, 0.3) is 0 Å². The zero-order valence-electron chi connectivity index (χ0n) is 8.83. The number of rotatable bonds is 7. The van der Waals surface area contributed by atoms with Crippen molar-refractivity contribution in [3.63, 3.8) is 0 Å². The molecule has 1 saturated heterocycles. The Balaban J connectivity index is 1.85. The van der Waals surface area contributed by atoms with Crippen molar-refractivity contribution in [3.05, 3.63) is 0 Å². The Kier molecular flexibility index (Phi) is 5.65. The van der Waals surface area contributed by atoms with Gasteiger partial charge in [-0.1, -0.05) is 33.1 Å². The normalized spacial score (nSPS) is 25.6. The van der Waals surface area contributed by atoms with E-state index < -0.39 is 0 Å². The Labute approximate surface area is 92.7 Å². The number of hydrogen-bond acceptors (Lipinski definition) is 2. The molecule has 0 radical (unpaired) electrons. The SMILES string of the molecule is CC(S)CC(C)CCCCC1CS1. The maximum Gasteiger partial charge on any atom is 0.0138 e. The van der Waals surface area contributed by atoms with Crippen molar-refractivity contribution < 1.29 is 0 Å². The summed E-state index contributed by atoms with van der Waals surface area (Å²) in [6.45, 7) is 4.55. The molecule has 0 spiro atoms. The summed E-state index contributed by atoms with van der Waals surface area (Å²) >= 11 is 6.55. The summed E-state index contributed by atoms with van der Waals surface area (Å²) in [5.41, 5.74) is 0. The fourth-order valence-corrected chi connectivity index (χ4v) is 2.80. The van der Waals surface area contributed by atoms with Crippen LogP contribution in [0.2, 0.25) is 0 Å². The molecule has 0 bridgehead atoms. The minimum Gasteiger partial charge on any atom is -0.176 e. The van der Waals surface area contributed by atoms with Gasteiger partial charge in [0.1, 0.15) is 0 Å². The zero-order valence-corrected chi connectivity index (χ0v) is 10.5. The molecule has 3 unspecified atom stereocenters. The minimum absolute atomic E-state index is 0.578. The molecule has 0 nitrogen and oxygen atoms in total. The van der Waals surface area contributed by atoms with E-state index in [1.165, 1.54) is 37.9 Å². The van der Waals surface area contributed by atoms with Gasteiger partial charge in [-0.05, 0) is 24.0 Å². The molecule has 2 heteroatoms. The summed E-state index contributed by atoms with van der Waals surface area (Å²) < 4.78 is 0. The van der Waals surface area contributed by atoms with Crippen LogP contribution in [0.3, 0.4) is 0 Å². The zero-order chi connectivity index (χ0) is 9.68. The van der Waals surface area contributed by atoms with Crippen LogP contribution < -0.4 is 0 Å². The van der Waals surface area contributed by atoms with Gasteiger partial charge in [-0.15, -0.1) is 0 Å². The molecule has 0 aromatic heterocycles. The van der Waals surface area contributed by atoms with Gasteiger partial charge >= 0.3 is 0 Å². The first-order valence-corrected chi connectivity index (χ1v) is 7.04. The molecular formula is C11H22S2. The van der Waals surface area contributed by atoms with Crippen molar-refractivity contribution in [1.29, 1.82) is 0 Å². The van der Waals surface area contributed by atoms with E-state index in [0.29, 0.717) is 5.25 Å². The van der Waals surface area contributed by atoms with Gasteiger partial charge in [-0.2, -0.15) is 24.4 Å². The smallest absolute Gasteiger partial charge is 0.0138 e. The van der Waals surface area contributed by atoms with E-state index in [1.807, 2.05) is 0 Å². The third-order valence-electron chi connectivity index (χ3n) is 2.62. The summed E-state index contributed by atoms with van der Waals surface area (Å²) in [6.07, 6.45) is 7.03. The summed E-state index contributed by atoms with van der Waals surface area (Å²) in [7, 11) is 0. The highest BCUT2D eigenvalue weighted by Gasteiger charge is 2.21. The number of unbranched alkanes of at least 4 members (excludes halogenated alkanes) is 1. The fourth-order valence-electron chi connectivity index (χ4n) is 1.80. The van der Waals surface area contributed by atoms with E-state index in [0.717, 1.165) is 11.2 Å². The third-order valence-corrected chi connectivity index (χ3v) is 3.87. The Morgan fingerprint density at radius 3 is 2.62 bits per heavy atom. The molecule has 1 aliphatic heterocycles. The molecule has 3 atom stereocenters. The van der Waals surface area contributed by atoms with Crippen LogP contribution in [0.5, 0.6) is 0 Å². The van der Waals surface area contributed by atoms with E-state index >= 15 is 0 Å². The lowest BCUT2D eigenvalue weighted by atomic mass is 9.98. The van der Waals surface area contributed by atoms with Crippen molar-refractivity contribution in [3.8, 4) is 0 Å². The van der Waals surface area contributed by atoms with Gasteiger partial charge in [-0.3, -0.25) is 0 Å². The Morgan fingerprint density at radius 2 is 2.08 bits per heavy atom. The predicted molar refractivity (Wildman–Crippen MR) is 66.9 cm³/mol. The first kappa shape index (κ1) is 11.8.